The van der Waals surface area contributed by atoms with Gasteiger partial charge in [-0.2, -0.15) is 0 Å². The van der Waals surface area contributed by atoms with E-state index in [-0.39, 0.29) is 6.54 Å². The highest BCUT2D eigenvalue weighted by molar-refractivity contribution is 6.30. The molecule has 1 heterocycles. The standard InChI is InChI=1S/C18H24ClN3O3/c1-4-20-17(22-12-18(2,23)16-6-5-9-25-16)21-11-13-7-8-14(19)10-15(13)24-3/h5-10,23H,4,11-12H2,1-3H3,(H2,20,21,22). The van der Waals surface area contributed by atoms with E-state index in [1.54, 1.807) is 38.3 Å². The minimum atomic E-state index is -1.14. The van der Waals surface area contributed by atoms with Gasteiger partial charge in [-0.3, -0.25) is 0 Å². The summed E-state index contributed by atoms with van der Waals surface area (Å²) in [4.78, 5) is 4.54. The third-order valence-corrected chi connectivity index (χ3v) is 3.89. The smallest absolute Gasteiger partial charge is 0.191 e. The van der Waals surface area contributed by atoms with Crippen molar-refractivity contribution in [2.24, 2.45) is 4.99 Å². The predicted octanol–water partition coefficient (Wildman–Crippen LogP) is 2.90. The maximum Gasteiger partial charge on any atom is 0.191 e. The minimum Gasteiger partial charge on any atom is -0.496 e. The average molecular weight is 366 g/mol. The van der Waals surface area contributed by atoms with Crippen LogP contribution < -0.4 is 15.4 Å². The normalized spacial score (nSPS) is 14.0. The molecule has 1 aromatic heterocycles. The van der Waals surface area contributed by atoms with Gasteiger partial charge in [0.25, 0.3) is 0 Å². The molecule has 3 N–H and O–H groups in total. The van der Waals surface area contributed by atoms with Crippen LogP contribution in [-0.2, 0) is 12.1 Å². The number of ether oxygens (including phenoxy) is 1. The molecule has 2 rings (SSSR count). The van der Waals surface area contributed by atoms with Crippen molar-refractivity contribution in [2.75, 3.05) is 20.2 Å². The highest BCUT2D eigenvalue weighted by Gasteiger charge is 2.26. The Hall–Kier alpha value is -2.18. The van der Waals surface area contributed by atoms with Gasteiger partial charge in [0, 0.05) is 17.1 Å². The number of halogens is 1. The number of nitrogens with one attached hydrogen (secondary N) is 2. The van der Waals surface area contributed by atoms with Crippen molar-refractivity contribution in [2.45, 2.75) is 26.0 Å². The second-order valence-corrected chi connectivity index (χ2v) is 6.19. The van der Waals surface area contributed by atoms with Gasteiger partial charge in [0.1, 0.15) is 17.1 Å². The topological polar surface area (TPSA) is 79.0 Å². The Kier molecular flexibility index (Phi) is 6.73. The molecule has 25 heavy (non-hydrogen) atoms. The predicted molar refractivity (Wildman–Crippen MR) is 99.1 cm³/mol. The lowest BCUT2D eigenvalue weighted by Crippen LogP contribution is -2.44. The van der Waals surface area contributed by atoms with Crippen molar-refractivity contribution >= 4 is 17.6 Å². The SMILES string of the molecule is CCNC(=NCc1ccc(Cl)cc1OC)NCC(C)(O)c1ccco1. The molecule has 0 saturated carbocycles. The zero-order chi connectivity index (χ0) is 18.3. The lowest BCUT2D eigenvalue weighted by atomic mass is 10.0. The van der Waals surface area contributed by atoms with Crippen LogP contribution in [0.5, 0.6) is 5.75 Å². The van der Waals surface area contributed by atoms with Crippen LogP contribution in [0, 0.1) is 0 Å². The Morgan fingerprint density at radius 3 is 2.80 bits per heavy atom. The molecule has 0 bridgehead atoms. The largest absolute Gasteiger partial charge is 0.496 e. The van der Waals surface area contributed by atoms with Crippen molar-refractivity contribution < 1.29 is 14.3 Å². The molecule has 7 heteroatoms. The average Bonchev–Trinajstić information content (AvgIpc) is 3.13. The molecular formula is C18H24ClN3O3. The van der Waals surface area contributed by atoms with Crippen LogP contribution >= 0.6 is 11.6 Å². The van der Waals surface area contributed by atoms with Gasteiger partial charge < -0.3 is 24.9 Å². The quantitative estimate of drug-likeness (QED) is 0.519. The Morgan fingerprint density at radius 1 is 1.36 bits per heavy atom. The third-order valence-electron chi connectivity index (χ3n) is 3.65. The summed E-state index contributed by atoms with van der Waals surface area (Å²) < 4.78 is 10.6. The number of benzene rings is 1. The summed E-state index contributed by atoms with van der Waals surface area (Å²) in [6, 6.07) is 8.93. The first-order valence-electron chi connectivity index (χ1n) is 8.07. The van der Waals surface area contributed by atoms with Crippen molar-refractivity contribution in [1.82, 2.24) is 10.6 Å². The number of nitrogens with zero attached hydrogens (tertiary/aromatic N) is 1. The number of hydrogen-bond acceptors (Lipinski definition) is 4. The molecule has 1 atom stereocenters. The van der Waals surface area contributed by atoms with E-state index >= 15 is 0 Å². The zero-order valence-corrected chi connectivity index (χ0v) is 15.4. The van der Waals surface area contributed by atoms with Crippen LogP contribution in [0.4, 0.5) is 0 Å². The van der Waals surface area contributed by atoms with Crippen molar-refractivity contribution in [3.05, 3.63) is 52.9 Å². The summed E-state index contributed by atoms with van der Waals surface area (Å²) in [7, 11) is 1.60. The molecule has 0 saturated heterocycles. The maximum absolute atomic E-state index is 10.5. The van der Waals surface area contributed by atoms with E-state index in [4.69, 9.17) is 20.8 Å². The molecule has 0 fully saturated rings. The summed E-state index contributed by atoms with van der Waals surface area (Å²) in [5.74, 6) is 1.77. The first-order chi connectivity index (χ1) is 12.0. The van der Waals surface area contributed by atoms with E-state index in [2.05, 4.69) is 15.6 Å². The highest BCUT2D eigenvalue weighted by Crippen LogP contribution is 2.24. The molecule has 2 aromatic rings. The van der Waals surface area contributed by atoms with E-state index < -0.39 is 5.60 Å². The molecule has 1 aromatic carbocycles. The van der Waals surface area contributed by atoms with Crippen molar-refractivity contribution in [3.63, 3.8) is 0 Å². The van der Waals surface area contributed by atoms with Crippen molar-refractivity contribution in [1.29, 1.82) is 0 Å². The van der Waals surface area contributed by atoms with E-state index in [0.29, 0.717) is 35.6 Å². The number of furan rings is 1. The monoisotopic (exact) mass is 365 g/mol. The van der Waals surface area contributed by atoms with Gasteiger partial charge in [0.15, 0.2) is 5.96 Å². The first kappa shape index (κ1) is 19.1. The summed E-state index contributed by atoms with van der Waals surface area (Å²) >= 11 is 5.98. The van der Waals surface area contributed by atoms with E-state index in [1.165, 1.54) is 6.26 Å². The molecular weight excluding hydrogens is 342 g/mol. The number of hydrogen-bond donors (Lipinski definition) is 3. The van der Waals surface area contributed by atoms with E-state index in [1.807, 2.05) is 13.0 Å². The summed E-state index contributed by atoms with van der Waals surface area (Å²) in [5, 5.41) is 17.4. The van der Waals surface area contributed by atoms with Crippen molar-refractivity contribution in [3.8, 4) is 5.75 Å². The summed E-state index contributed by atoms with van der Waals surface area (Å²) in [6.07, 6.45) is 1.54. The number of aliphatic imine (C=N–C) groups is 1. The minimum absolute atomic E-state index is 0.254. The van der Waals surface area contributed by atoms with Crippen LogP contribution in [0.2, 0.25) is 5.02 Å². The zero-order valence-electron chi connectivity index (χ0n) is 14.7. The number of guanidine groups is 1. The molecule has 1 unspecified atom stereocenters. The van der Waals surface area contributed by atoms with Crippen LogP contribution in [0.25, 0.3) is 0 Å². The van der Waals surface area contributed by atoms with Crippen LogP contribution in [0.3, 0.4) is 0 Å². The second kappa shape index (κ2) is 8.78. The molecule has 0 amide bonds. The van der Waals surface area contributed by atoms with Gasteiger partial charge in [-0.05, 0) is 38.1 Å². The summed E-state index contributed by atoms with van der Waals surface area (Å²) in [5.41, 5.74) is -0.223. The molecule has 6 nitrogen and oxygen atoms in total. The van der Waals surface area contributed by atoms with Gasteiger partial charge in [-0.1, -0.05) is 17.7 Å². The number of rotatable bonds is 7. The van der Waals surface area contributed by atoms with E-state index in [9.17, 15) is 5.11 Å². The molecule has 0 aliphatic heterocycles. The Labute approximate surface area is 152 Å². The van der Waals surface area contributed by atoms with Gasteiger partial charge in [-0.25, -0.2) is 4.99 Å². The lowest BCUT2D eigenvalue weighted by molar-refractivity contribution is 0.0386. The molecule has 0 radical (unpaired) electrons. The molecule has 0 spiro atoms. The Morgan fingerprint density at radius 2 is 2.16 bits per heavy atom. The number of aliphatic hydroxyl groups is 1. The fourth-order valence-corrected chi connectivity index (χ4v) is 2.45. The fraction of sp³-hybridized carbons (Fsp3) is 0.389. The van der Waals surface area contributed by atoms with Gasteiger partial charge in [0.2, 0.25) is 0 Å². The summed E-state index contributed by atoms with van der Waals surface area (Å²) in [6.45, 7) is 5.03. The molecule has 136 valence electrons. The second-order valence-electron chi connectivity index (χ2n) is 5.76. The van der Waals surface area contributed by atoms with Crippen LogP contribution in [0.1, 0.15) is 25.2 Å². The lowest BCUT2D eigenvalue weighted by Gasteiger charge is -2.22. The first-order valence-corrected chi connectivity index (χ1v) is 8.45. The maximum atomic E-state index is 10.5. The van der Waals surface area contributed by atoms with Gasteiger partial charge in [0.05, 0.1) is 26.5 Å². The Balaban J connectivity index is 2.06. The molecule has 0 aliphatic carbocycles. The van der Waals surface area contributed by atoms with Gasteiger partial charge >= 0.3 is 0 Å². The fourth-order valence-electron chi connectivity index (χ4n) is 2.28. The van der Waals surface area contributed by atoms with Crippen LogP contribution in [-0.4, -0.2) is 31.3 Å². The Bertz CT molecular complexity index is 700. The molecule has 0 aliphatic rings. The highest BCUT2D eigenvalue weighted by atomic mass is 35.5. The van der Waals surface area contributed by atoms with Gasteiger partial charge in [-0.15, -0.1) is 0 Å². The van der Waals surface area contributed by atoms with E-state index in [0.717, 1.165) is 5.56 Å². The third kappa shape index (κ3) is 5.41. The number of methoxy groups -OCH3 is 1. The van der Waals surface area contributed by atoms with Crippen LogP contribution in [0.15, 0.2) is 46.0 Å².